The number of carbonyl (C=O) groups excluding carboxylic acids is 1. The average Bonchev–Trinajstić information content (AvgIpc) is 2.59. The summed E-state index contributed by atoms with van der Waals surface area (Å²) in [5.41, 5.74) is 1.24. The molecular formula is C12H10N2O2. The monoisotopic (exact) mass is 214 g/mol. The van der Waals surface area contributed by atoms with Crippen molar-refractivity contribution in [3.63, 3.8) is 0 Å². The van der Waals surface area contributed by atoms with Crippen LogP contribution in [0, 0.1) is 0 Å². The molecule has 1 aliphatic rings. The largest absolute Gasteiger partial charge is 0.365 e. The third kappa shape index (κ3) is 2.57. The van der Waals surface area contributed by atoms with E-state index < -0.39 is 0 Å². The highest BCUT2D eigenvalue weighted by atomic mass is 16.6. The number of nitrogens with one attached hydrogen (secondary N) is 1. The highest BCUT2D eigenvalue weighted by Crippen LogP contribution is 2.08. The molecule has 0 radical (unpaired) electrons. The molecule has 0 spiro atoms. The van der Waals surface area contributed by atoms with Gasteiger partial charge >= 0.3 is 0 Å². The number of hydrogen-bond donors (Lipinski definition) is 1. The van der Waals surface area contributed by atoms with Crippen LogP contribution in [-0.2, 0) is 9.63 Å². The predicted molar refractivity (Wildman–Crippen MR) is 61.9 cm³/mol. The fraction of sp³-hybridized carbons (Fsp3) is 0. The van der Waals surface area contributed by atoms with Crippen molar-refractivity contribution in [3.8, 4) is 0 Å². The first-order valence-electron chi connectivity index (χ1n) is 4.79. The molecule has 0 fully saturated rings. The van der Waals surface area contributed by atoms with Crippen molar-refractivity contribution in [2.24, 2.45) is 5.16 Å². The summed E-state index contributed by atoms with van der Waals surface area (Å²) in [4.78, 5) is 16.5. The van der Waals surface area contributed by atoms with Gasteiger partial charge in [-0.3, -0.25) is 4.79 Å². The van der Waals surface area contributed by atoms with Gasteiger partial charge in [0.2, 0.25) is 0 Å². The SMILES string of the molecule is O=C(Nc1ccccc1)C1=CC=NOC=C1. The summed E-state index contributed by atoms with van der Waals surface area (Å²) in [6, 6.07) is 9.25. The molecule has 1 aromatic rings. The van der Waals surface area contributed by atoms with Crippen molar-refractivity contribution in [3.05, 3.63) is 54.3 Å². The number of rotatable bonds is 2. The van der Waals surface area contributed by atoms with Crippen molar-refractivity contribution in [2.45, 2.75) is 0 Å². The van der Waals surface area contributed by atoms with Gasteiger partial charge in [-0.2, -0.15) is 0 Å². The number of allylic oxidation sites excluding steroid dienone is 1. The molecule has 1 amide bonds. The Bertz CT molecular complexity index is 461. The van der Waals surface area contributed by atoms with Gasteiger partial charge in [0.1, 0.15) is 6.26 Å². The van der Waals surface area contributed by atoms with E-state index in [1.54, 1.807) is 12.2 Å². The molecule has 4 heteroatoms. The Hall–Kier alpha value is -2.36. The molecule has 0 saturated carbocycles. The number of carbonyl (C=O) groups is 1. The van der Waals surface area contributed by atoms with E-state index in [0.29, 0.717) is 5.57 Å². The maximum absolute atomic E-state index is 11.8. The Balaban J connectivity index is 2.09. The second-order valence-electron chi connectivity index (χ2n) is 3.10. The molecule has 0 aliphatic carbocycles. The van der Waals surface area contributed by atoms with E-state index in [9.17, 15) is 4.79 Å². The molecule has 0 bridgehead atoms. The highest BCUT2D eigenvalue weighted by Gasteiger charge is 2.06. The quantitative estimate of drug-likeness (QED) is 0.819. The zero-order chi connectivity index (χ0) is 11.2. The summed E-state index contributed by atoms with van der Waals surface area (Å²) in [7, 11) is 0. The molecule has 1 aromatic carbocycles. The van der Waals surface area contributed by atoms with E-state index in [1.807, 2.05) is 30.3 Å². The first-order valence-corrected chi connectivity index (χ1v) is 4.79. The van der Waals surface area contributed by atoms with Crippen molar-refractivity contribution in [1.82, 2.24) is 0 Å². The molecule has 0 saturated heterocycles. The average molecular weight is 214 g/mol. The summed E-state index contributed by atoms with van der Waals surface area (Å²) in [6.07, 6.45) is 5.94. The summed E-state index contributed by atoms with van der Waals surface area (Å²) < 4.78 is 0. The van der Waals surface area contributed by atoms with Gasteiger partial charge in [0.15, 0.2) is 0 Å². The summed E-state index contributed by atoms with van der Waals surface area (Å²) in [5, 5.41) is 6.31. The fourth-order valence-corrected chi connectivity index (χ4v) is 1.22. The Morgan fingerprint density at radius 3 is 2.88 bits per heavy atom. The van der Waals surface area contributed by atoms with Crippen LogP contribution < -0.4 is 5.32 Å². The molecule has 1 aliphatic heterocycles. The van der Waals surface area contributed by atoms with Gasteiger partial charge in [0, 0.05) is 11.3 Å². The van der Waals surface area contributed by atoms with Gasteiger partial charge < -0.3 is 10.2 Å². The first kappa shape index (κ1) is 10.2. The van der Waals surface area contributed by atoms with Crippen LogP contribution in [0.15, 0.2) is 59.5 Å². The van der Waals surface area contributed by atoms with Crippen LogP contribution in [-0.4, -0.2) is 12.1 Å². The van der Waals surface area contributed by atoms with Gasteiger partial charge in [-0.05, 0) is 24.3 Å². The minimum Gasteiger partial charge on any atom is -0.365 e. The summed E-state index contributed by atoms with van der Waals surface area (Å²) >= 11 is 0. The van der Waals surface area contributed by atoms with E-state index in [2.05, 4.69) is 15.3 Å². The molecular weight excluding hydrogens is 204 g/mol. The third-order valence-corrected chi connectivity index (χ3v) is 1.98. The predicted octanol–water partition coefficient (Wildman–Crippen LogP) is 2.08. The number of amides is 1. The van der Waals surface area contributed by atoms with Crippen molar-refractivity contribution in [2.75, 3.05) is 5.32 Å². The summed E-state index contributed by atoms with van der Waals surface area (Å²) in [5.74, 6) is -0.195. The normalized spacial score (nSPS) is 13.6. The van der Waals surface area contributed by atoms with Gasteiger partial charge in [0.25, 0.3) is 5.91 Å². The van der Waals surface area contributed by atoms with Crippen LogP contribution in [0.1, 0.15) is 0 Å². The molecule has 1 N–H and O–H groups in total. The standard InChI is InChI=1S/C12H10N2O2/c15-12(10-6-8-13-16-9-7-10)14-11-4-2-1-3-5-11/h1-9H,(H,14,15). The van der Waals surface area contributed by atoms with E-state index in [0.717, 1.165) is 5.69 Å². The first-order chi connectivity index (χ1) is 7.86. The lowest BCUT2D eigenvalue weighted by molar-refractivity contribution is -0.112. The molecule has 0 aromatic heterocycles. The molecule has 0 unspecified atom stereocenters. The third-order valence-electron chi connectivity index (χ3n) is 1.98. The Kier molecular flexibility index (Phi) is 3.13. The topological polar surface area (TPSA) is 50.7 Å². The van der Waals surface area contributed by atoms with Gasteiger partial charge in [-0.25, -0.2) is 0 Å². The van der Waals surface area contributed by atoms with Gasteiger partial charge in [-0.1, -0.05) is 23.4 Å². The lowest BCUT2D eigenvalue weighted by Crippen LogP contribution is -2.13. The number of benzene rings is 1. The molecule has 2 rings (SSSR count). The van der Waals surface area contributed by atoms with Crippen molar-refractivity contribution in [1.29, 1.82) is 0 Å². The van der Waals surface area contributed by atoms with E-state index in [-0.39, 0.29) is 5.91 Å². The lowest BCUT2D eigenvalue weighted by Gasteiger charge is -2.04. The van der Waals surface area contributed by atoms with Crippen molar-refractivity contribution >= 4 is 17.8 Å². The minimum atomic E-state index is -0.195. The van der Waals surface area contributed by atoms with E-state index >= 15 is 0 Å². The van der Waals surface area contributed by atoms with Crippen LogP contribution in [0.4, 0.5) is 5.69 Å². The Morgan fingerprint density at radius 2 is 2.06 bits per heavy atom. The molecule has 0 atom stereocenters. The van der Waals surface area contributed by atoms with Crippen LogP contribution in [0.25, 0.3) is 0 Å². The number of nitrogens with zero attached hydrogens (tertiary/aromatic N) is 1. The zero-order valence-corrected chi connectivity index (χ0v) is 8.46. The molecule has 80 valence electrons. The number of para-hydroxylation sites is 1. The number of anilines is 1. The Labute approximate surface area is 92.9 Å². The van der Waals surface area contributed by atoms with E-state index in [4.69, 9.17) is 0 Å². The minimum absolute atomic E-state index is 0.195. The summed E-state index contributed by atoms with van der Waals surface area (Å²) in [6.45, 7) is 0. The maximum Gasteiger partial charge on any atom is 0.255 e. The van der Waals surface area contributed by atoms with Crippen LogP contribution in [0.5, 0.6) is 0 Å². The van der Waals surface area contributed by atoms with Gasteiger partial charge in [0.05, 0.1) is 6.21 Å². The Morgan fingerprint density at radius 1 is 1.25 bits per heavy atom. The number of hydrogen-bond acceptors (Lipinski definition) is 3. The number of oxime groups is 1. The fourth-order valence-electron chi connectivity index (χ4n) is 1.22. The van der Waals surface area contributed by atoms with Crippen LogP contribution in [0.3, 0.4) is 0 Å². The zero-order valence-electron chi connectivity index (χ0n) is 8.46. The van der Waals surface area contributed by atoms with E-state index in [1.165, 1.54) is 12.5 Å². The second kappa shape index (κ2) is 4.93. The maximum atomic E-state index is 11.8. The van der Waals surface area contributed by atoms with Gasteiger partial charge in [-0.15, -0.1) is 0 Å². The lowest BCUT2D eigenvalue weighted by atomic mass is 10.2. The molecule has 1 heterocycles. The van der Waals surface area contributed by atoms with Crippen LogP contribution >= 0.6 is 0 Å². The van der Waals surface area contributed by atoms with Crippen LogP contribution in [0.2, 0.25) is 0 Å². The molecule has 4 nitrogen and oxygen atoms in total. The molecule has 16 heavy (non-hydrogen) atoms. The second-order valence-corrected chi connectivity index (χ2v) is 3.10. The van der Waals surface area contributed by atoms with Crippen molar-refractivity contribution < 1.29 is 9.63 Å². The highest BCUT2D eigenvalue weighted by molar-refractivity contribution is 6.07. The smallest absolute Gasteiger partial charge is 0.255 e.